The van der Waals surface area contributed by atoms with Crippen LogP contribution in [0.15, 0.2) is 36.5 Å². The van der Waals surface area contributed by atoms with Gasteiger partial charge in [0.05, 0.1) is 11.1 Å². The Labute approximate surface area is 122 Å². The number of pyridine rings is 1. The summed E-state index contributed by atoms with van der Waals surface area (Å²) in [4.78, 5) is 29.4. The van der Waals surface area contributed by atoms with E-state index in [0.29, 0.717) is 23.5 Å². The molecule has 0 aliphatic heterocycles. The van der Waals surface area contributed by atoms with Gasteiger partial charge in [0, 0.05) is 18.1 Å². The van der Waals surface area contributed by atoms with Crippen molar-refractivity contribution in [3.63, 3.8) is 0 Å². The summed E-state index contributed by atoms with van der Waals surface area (Å²) in [5.41, 5.74) is 1.09. The Bertz CT molecular complexity index is 689. The van der Waals surface area contributed by atoms with Crippen molar-refractivity contribution >= 4 is 22.8 Å². The van der Waals surface area contributed by atoms with Gasteiger partial charge in [-0.1, -0.05) is 18.2 Å². The van der Waals surface area contributed by atoms with Crippen LogP contribution in [0.25, 0.3) is 10.9 Å². The number of para-hydroxylation sites is 1. The summed E-state index contributed by atoms with van der Waals surface area (Å²) < 4.78 is 0. The van der Waals surface area contributed by atoms with E-state index in [4.69, 9.17) is 5.11 Å². The quantitative estimate of drug-likeness (QED) is 0.913. The van der Waals surface area contributed by atoms with Crippen LogP contribution < -0.4 is 0 Å². The molecule has 1 N–H and O–H groups in total. The molecule has 1 saturated carbocycles. The molecule has 0 bridgehead atoms. The fraction of sp³-hybridized carbons (Fsp3) is 0.312. The van der Waals surface area contributed by atoms with Gasteiger partial charge < -0.3 is 10.0 Å². The van der Waals surface area contributed by atoms with Crippen molar-refractivity contribution in [2.75, 3.05) is 13.1 Å². The Hall–Kier alpha value is -2.43. The lowest BCUT2D eigenvalue weighted by atomic mass is 10.1. The van der Waals surface area contributed by atoms with Crippen LogP contribution in [0.4, 0.5) is 0 Å². The fourth-order valence-electron chi connectivity index (χ4n) is 2.44. The van der Waals surface area contributed by atoms with Crippen molar-refractivity contribution < 1.29 is 14.7 Å². The number of carbonyl (C=O) groups excluding carboxylic acids is 1. The molecule has 2 aromatic rings. The molecule has 5 nitrogen and oxygen atoms in total. The first-order valence-electron chi connectivity index (χ1n) is 7.00. The standard InChI is InChI=1S/C16H16N2O3/c19-14(20)10-18(9-11-6-7-11)16(21)13-5-1-3-12-4-2-8-17-15(12)13/h1-5,8,11H,6-7,9-10H2,(H,19,20). The molecule has 0 spiro atoms. The number of amides is 1. The van der Waals surface area contributed by atoms with Gasteiger partial charge in [0.15, 0.2) is 0 Å². The summed E-state index contributed by atoms with van der Waals surface area (Å²) in [7, 11) is 0. The third kappa shape index (κ3) is 3.02. The van der Waals surface area contributed by atoms with Gasteiger partial charge in [-0.15, -0.1) is 0 Å². The number of benzene rings is 1. The predicted octanol–water partition coefficient (Wildman–Crippen LogP) is 2.17. The van der Waals surface area contributed by atoms with E-state index < -0.39 is 5.97 Å². The van der Waals surface area contributed by atoms with E-state index in [0.717, 1.165) is 18.2 Å². The predicted molar refractivity (Wildman–Crippen MR) is 78.0 cm³/mol. The first-order valence-corrected chi connectivity index (χ1v) is 7.00. The van der Waals surface area contributed by atoms with Gasteiger partial charge in [0.1, 0.15) is 6.54 Å². The van der Waals surface area contributed by atoms with Crippen molar-refractivity contribution in [1.29, 1.82) is 0 Å². The van der Waals surface area contributed by atoms with Crippen molar-refractivity contribution in [2.24, 2.45) is 5.92 Å². The molecule has 1 amide bonds. The van der Waals surface area contributed by atoms with Crippen LogP contribution >= 0.6 is 0 Å². The van der Waals surface area contributed by atoms with Gasteiger partial charge in [-0.2, -0.15) is 0 Å². The van der Waals surface area contributed by atoms with Crippen LogP contribution in [0.3, 0.4) is 0 Å². The van der Waals surface area contributed by atoms with Crippen LogP contribution in [-0.2, 0) is 4.79 Å². The number of rotatable bonds is 5. The zero-order chi connectivity index (χ0) is 14.8. The van der Waals surface area contributed by atoms with Crippen molar-refractivity contribution in [1.82, 2.24) is 9.88 Å². The maximum Gasteiger partial charge on any atom is 0.323 e. The lowest BCUT2D eigenvalue weighted by Crippen LogP contribution is -2.37. The summed E-state index contributed by atoms with van der Waals surface area (Å²) in [6, 6.07) is 9.10. The third-order valence-corrected chi connectivity index (χ3v) is 3.65. The van der Waals surface area contributed by atoms with Crippen LogP contribution in [0, 0.1) is 5.92 Å². The van der Waals surface area contributed by atoms with E-state index in [1.54, 1.807) is 18.3 Å². The molecule has 5 heteroatoms. The normalized spacial score (nSPS) is 14.1. The maximum atomic E-state index is 12.7. The molecular formula is C16H16N2O3. The molecule has 0 saturated heterocycles. The van der Waals surface area contributed by atoms with Crippen LogP contribution in [0.1, 0.15) is 23.2 Å². The minimum absolute atomic E-state index is 0.256. The van der Waals surface area contributed by atoms with E-state index in [9.17, 15) is 9.59 Å². The number of hydrogen-bond donors (Lipinski definition) is 1. The Morgan fingerprint density at radius 3 is 2.71 bits per heavy atom. The molecule has 0 radical (unpaired) electrons. The second kappa shape index (κ2) is 5.52. The highest BCUT2D eigenvalue weighted by molar-refractivity contribution is 6.06. The number of nitrogens with zero attached hydrogens (tertiary/aromatic N) is 2. The fourth-order valence-corrected chi connectivity index (χ4v) is 2.44. The topological polar surface area (TPSA) is 70.5 Å². The molecular weight excluding hydrogens is 268 g/mol. The largest absolute Gasteiger partial charge is 0.480 e. The molecule has 1 aromatic heterocycles. The van der Waals surface area contributed by atoms with Gasteiger partial charge in [-0.05, 0) is 30.9 Å². The summed E-state index contributed by atoms with van der Waals surface area (Å²) in [6.45, 7) is 0.243. The van der Waals surface area contributed by atoms with Gasteiger partial charge >= 0.3 is 5.97 Å². The van der Waals surface area contributed by atoms with Crippen LogP contribution in [-0.4, -0.2) is 40.0 Å². The number of aliphatic carboxylic acids is 1. The molecule has 0 atom stereocenters. The number of hydrogen-bond acceptors (Lipinski definition) is 3. The average Bonchev–Trinajstić information content (AvgIpc) is 3.29. The first-order chi connectivity index (χ1) is 10.1. The lowest BCUT2D eigenvalue weighted by Gasteiger charge is -2.21. The van der Waals surface area contributed by atoms with Gasteiger partial charge in [-0.25, -0.2) is 0 Å². The zero-order valence-electron chi connectivity index (χ0n) is 11.5. The van der Waals surface area contributed by atoms with E-state index >= 15 is 0 Å². The highest BCUT2D eigenvalue weighted by Gasteiger charge is 2.29. The first kappa shape index (κ1) is 13.5. The van der Waals surface area contributed by atoms with E-state index in [1.807, 2.05) is 18.2 Å². The van der Waals surface area contributed by atoms with Gasteiger partial charge in [0.2, 0.25) is 0 Å². The Kier molecular flexibility index (Phi) is 3.56. The molecule has 3 rings (SSSR count). The Balaban J connectivity index is 1.94. The molecule has 1 aliphatic rings. The summed E-state index contributed by atoms with van der Waals surface area (Å²) in [6.07, 6.45) is 3.77. The number of carboxylic acids is 1. The van der Waals surface area contributed by atoms with Crippen LogP contribution in [0.5, 0.6) is 0 Å². The Morgan fingerprint density at radius 2 is 2.00 bits per heavy atom. The van der Waals surface area contributed by atoms with E-state index in [2.05, 4.69) is 4.98 Å². The molecule has 1 heterocycles. The van der Waals surface area contributed by atoms with Crippen molar-refractivity contribution in [3.8, 4) is 0 Å². The molecule has 1 aliphatic carbocycles. The minimum Gasteiger partial charge on any atom is -0.480 e. The maximum absolute atomic E-state index is 12.7. The second-order valence-corrected chi connectivity index (χ2v) is 5.40. The van der Waals surface area contributed by atoms with Crippen molar-refractivity contribution in [2.45, 2.75) is 12.8 Å². The zero-order valence-corrected chi connectivity index (χ0v) is 11.5. The lowest BCUT2D eigenvalue weighted by molar-refractivity contribution is -0.137. The van der Waals surface area contributed by atoms with Crippen molar-refractivity contribution in [3.05, 3.63) is 42.1 Å². The third-order valence-electron chi connectivity index (χ3n) is 3.65. The second-order valence-electron chi connectivity index (χ2n) is 5.40. The number of fused-ring (bicyclic) bond motifs is 1. The molecule has 1 fully saturated rings. The van der Waals surface area contributed by atoms with Gasteiger partial charge in [0.25, 0.3) is 5.91 Å². The monoisotopic (exact) mass is 284 g/mol. The molecule has 0 unspecified atom stereocenters. The molecule has 21 heavy (non-hydrogen) atoms. The highest BCUT2D eigenvalue weighted by Crippen LogP contribution is 2.30. The molecule has 1 aromatic carbocycles. The Morgan fingerprint density at radius 1 is 1.24 bits per heavy atom. The smallest absolute Gasteiger partial charge is 0.323 e. The number of carboxylic acid groups (broad SMARTS) is 1. The van der Waals surface area contributed by atoms with Crippen LogP contribution in [0.2, 0.25) is 0 Å². The summed E-state index contributed by atoms with van der Waals surface area (Å²) >= 11 is 0. The van der Waals surface area contributed by atoms with E-state index in [1.165, 1.54) is 4.90 Å². The number of carbonyl (C=O) groups is 2. The average molecular weight is 284 g/mol. The molecule has 108 valence electrons. The SMILES string of the molecule is O=C(O)CN(CC1CC1)C(=O)c1cccc2cccnc12. The minimum atomic E-state index is -0.989. The van der Waals surface area contributed by atoms with E-state index in [-0.39, 0.29) is 12.5 Å². The summed E-state index contributed by atoms with van der Waals surface area (Å²) in [5, 5.41) is 9.90. The van der Waals surface area contributed by atoms with Gasteiger partial charge in [-0.3, -0.25) is 14.6 Å². The summed E-state index contributed by atoms with van der Waals surface area (Å²) in [5.74, 6) is -0.804. The number of aromatic nitrogens is 1. The highest BCUT2D eigenvalue weighted by atomic mass is 16.4.